The van der Waals surface area contributed by atoms with E-state index in [4.69, 9.17) is 4.42 Å². The number of nitrogens with one attached hydrogen (secondary N) is 1. The van der Waals surface area contributed by atoms with Gasteiger partial charge in [0.05, 0.1) is 11.7 Å². The molecule has 6 nitrogen and oxygen atoms in total. The van der Waals surface area contributed by atoms with Crippen LogP contribution < -0.4 is 5.32 Å². The highest BCUT2D eigenvalue weighted by atomic mass is 32.1. The zero-order valence-electron chi connectivity index (χ0n) is 10.8. The van der Waals surface area contributed by atoms with Crippen LogP contribution in [0.2, 0.25) is 0 Å². The van der Waals surface area contributed by atoms with Gasteiger partial charge in [0.2, 0.25) is 5.89 Å². The molecule has 0 saturated carbocycles. The Morgan fingerprint density at radius 1 is 1.28 bits per heavy atom. The molecule has 1 unspecified atom stereocenters. The van der Waals surface area contributed by atoms with Crippen LogP contribution in [0.4, 0.5) is 0 Å². The zero-order chi connectivity index (χ0) is 13.0. The van der Waals surface area contributed by atoms with Gasteiger partial charge in [0, 0.05) is 0 Å². The molecule has 0 fully saturated rings. The summed E-state index contributed by atoms with van der Waals surface area (Å²) in [7, 11) is 0. The fourth-order valence-electron chi connectivity index (χ4n) is 1.62. The minimum Gasteiger partial charge on any atom is -0.418 e. The lowest BCUT2D eigenvalue weighted by atomic mass is 10.2. The Balaban J connectivity index is 2.16. The number of hydrogen-bond acceptors (Lipinski definition) is 7. The van der Waals surface area contributed by atoms with Gasteiger partial charge in [-0.3, -0.25) is 0 Å². The highest BCUT2D eigenvalue weighted by Crippen LogP contribution is 2.26. The molecule has 0 saturated heterocycles. The first kappa shape index (κ1) is 13.1. The minimum absolute atomic E-state index is 0.118. The molecule has 0 spiro atoms. The highest BCUT2D eigenvalue weighted by molar-refractivity contribution is 7.09. The average Bonchev–Trinajstić information content (AvgIpc) is 2.99. The summed E-state index contributed by atoms with van der Waals surface area (Å²) >= 11 is 1.28. The molecule has 0 bridgehead atoms. The van der Waals surface area contributed by atoms with Crippen LogP contribution >= 0.6 is 11.5 Å². The van der Waals surface area contributed by atoms with Crippen LogP contribution in [0.5, 0.6) is 0 Å². The lowest BCUT2D eigenvalue weighted by Crippen LogP contribution is -2.21. The van der Waals surface area contributed by atoms with Gasteiger partial charge in [0.25, 0.3) is 5.89 Å². The first-order valence-corrected chi connectivity index (χ1v) is 6.89. The van der Waals surface area contributed by atoms with Crippen molar-refractivity contribution in [2.24, 2.45) is 0 Å². The Morgan fingerprint density at radius 3 is 2.72 bits per heavy atom. The number of aromatic nitrogens is 4. The van der Waals surface area contributed by atoms with Crippen molar-refractivity contribution in [2.45, 2.75) is 39.7 Å². The van der Waals surface area contributed by atoms with Gasteiger partial charge in [-0.2, -0.15) is 0 Å². The van der Waals surface area contributed by atoms with Crippen molar-refractivity contribution < 1.29 is 4.42 Å². The SMILES string of the molecule is CCCNC(CC)c1nnc(-c2snnc2C)o1. The summed E-state index contributed by atoms with van der Waals surface area (Å²) in [5.74, 6) is 1.14. The van der Waals surface area contributed by atoms with Gasteiger partial charge < -0.3 is 9.73 Å². The molecule has 98 valence electrons. The predicted molar refractivity (Wildman–Crippen MR) is 69.3 cm³/mol. The van der Waals surface area contributed by atoms with Gasteiger partial charge in [-0.15, -0.1) is 15.3 Å². The number of hydrogen-bond donors (Lipinski definition) is 1. The number of rotatable bonds is 6. The Morgan fingerprint density at radius 2 is 2.11 bits per heavy atom. The molecule has 2 aromatic rings. The van der Waals surface area contributed by atoms with Gasteiger partial charge >= 0.3 is 0 Å². The summed E-state index contributed by atoms with van der Waals surface area (Å²) in [5.41, 5.74) is 0.824. The Labute approximate surface area is 110 Å². The second-order valence-electron chi connectivity index (χ2n) is 4.05. The maximum absolute atomic E-state index is 5.70. The van der Waals surface area contributed by atoms with Crippen molar-refractivity contribution in [1.29, 1.82) is 0 Å². The van der Waals surface area contributed by atoms with E-state index in [0.29, 0.717) is 11.8 Å². The normalized spacial score (nSPS) is 12.8. The van der Waals surface area contributed by atoms with Crippen molar-refractivity contribution in [3.05, 3.63) is 11.6 Å². The van der Waals surface area contributed by atoms with E-state index < -0.39 is 0 Å². The summed E-state index contributed by atoms with van der Waals surface area (Å²) in [6.07, 6.45) is 2.00. The summed E-state index contributed by atoms with van der Waals surface area (Å²) in [4.78, 5) is 0.846. The topological polar surface area (TPSA) is 76.7 Å². The third-order valence-electron chi connectivity index (χ3n) is 2.63. The Hall–Kier alpha value is -1.34. The third kappa shape index (κ3) is 2.73. The lowest BCUT2D eigenvalue weighted by molar-refractivity contribution is 0.396. The third-order valence-corrected chi connectivity index (χ3v) is 3.45. The van der Waals surface area contributed by atoms with E-state index in [1.807, 2.05) is 6.92 Å². The van der Waals surface area contributed by atoms with E-state index in [1.54, 1.807) is 0 Å². The molecule has 0 aliphatic carbocycles. The molecule has 2 rings (SSSR count). The molecular formula is C11H17N5OS. The fourth-order valence-corrected chi connectivity index (χ4v) is 2.20. The molecule has 18 heavy (non-hydrogen) atoms. The van der Waals surface area contributed by atoms with Crippen LogP contribution in [-0.4, -0.2) is 26.3 Å². The largest absolute Gasteiger partial charge is 0.418 e. The average molecular weight is 267 g/mol. The quantitative estimate of drug-likeness (QED) is 0.865. The summed E-state index contributed by atoms with van der Waals surface area (Å²) < 4.78 is 9.57. The van der Waals surface area contributed by atoms with Crippen molar-refractivity contribution in [3.8, 4) is 10.8 Å². The van der Waals surface area contributed by atoms with Gasteiger partial charge in [0.15, 0.2) is 0 Å². The molecular weight excluding hydrogens is 250 g/mol. The fraction of sp³-hybridized carbons (Fsp3) is 0.636. The molecule has 7 heteroatoms. The summed E-state index contributed by atoms with van der Waals surface area (Å²) in [5, 5.41) is 15.5. The monoisotopic (exact) mass is 267 g/mol. The number of nitrogens with zero attached hydrogens (tertiary/aromatic N) is 4. The van der Waals surface area contributed by atoms with E-state index in [1.165, 1.54) is 11.5 Å². The van der Waals surface area contributed by atoms with E-state index in [2.05, 4.69) is 38.9 Å². The predicted octanol–water partition coefficient (Wildman–Crippen LogP) is 2.35. The zero-order valence-corrected chi connectivity index (χ0v) is 11.6. The minimum atomic E-state index is 0.118. The second-order valence-corrected chi connectivity index (χ2v) is 4.80. The van der Waals surface area contributed by atoms with E-state index >= 15 is 0 Å². The molecule has 0 aliphatic heterocycles. The van der Waals surface area contributed by atoms with Gasteiger partial charge in [-0.25, -0.2) is 0 Å². The molecule has 0 aliphatic rings. The van der Waals surface area contributed by atoms with Crippen LogP contribution in [0.1, 0.15) is 44.3 Å². The molecule has 0 amide bonds. The molecule has 2 aromatic heterocycles. The van der Waals surface area contributed by atoms with Crippen molar-refractivity contribution >= 4 is 11.5 Å². The Bertz CT molecular complexity index is 495. The van der Waals surface area contributed by atoms with Crippen LogP contribution in [0.3, 0.4) is 0 Å². The van der Waals surface area contributed by atoms with Crippen molar-refractivity contribution in [1.82, 2.24) is 25.1 Å². The first-order chi connectivity index (χ1) is 8.76. The summed E-state index contributed by atoms with van der Waals surface area (Å²) in [6, 6.07) is 0.118. The maximum Gasteiger partial charge on any atom is 0.261 e. The van der Waals surface area contributed by atoms with Gasteiger partial charge in [-0.05, 0) is 37.8 Å². The molecule has 1 atom stereocenters. The molecule has 0 radical (unpaired) electrons. The summed E-state index contributed by atoms with van der Waals surface area (Å²) in [6.45, 7) is 7.05. The van der Waals surface area contributed by atoms with Crippen LogP contribution in [-0.2, 0) is 0 Å². The molecule has 2 heterocycles. The van der Waals surface area contributed by atoms with Gasteiger partial charge in [0.1, 0.15) is 4.88 Å². The lowest BCUT2D eigenvalue weighted by Gasteiger charge is -2.11. The second kappa shape index (κ2) is 6.01. The van der Waals surface area contributed by atoms with Crippen molar-refractivity contribution in [3.63, 3.8) is 0 Å². The van der Waals surface area contributed by atoms with E-state index in [-0.39, 0.29) is 6.04 Å². The van der Waals surface area contributed by atoms with Gasteiger partial charge in [-0.1, -0.05) is 18.3 Å². The first-order valence-electron chi connectivity index (χ1n) is 6.12. The standard InChI is InChI=1S/C11H17N5OS/c1-4-6-12-8(5-2)10-14-15-11(17-10)9-7(3)13-16-18-9/h8,12H,4-6H2,1-3H3. The van der Waals surface area contributed by atoms with Crippen LogP contribution in [0.25, 0.3) is 10.8 Å². The molecule has 1 N–H and O–H groups in total. The highest BCUT2D eigenvalue weighted by Gasteiger charge is 2.19. The van der Waals surface area contributed by atoms with Crippen LogP contribution in [0, 0.1) is 6.92 Å². The smallest absolute Gasteiger partial charge is 0.261 e. The maximum atomic E-state index is 5.70. The van der Waals surface area contributed by atoms with E-state index in [9.17, 15) is 0 Å². The van der Waals surface area contributed by atoms with E-state index in [0.717, 1.165) is 30.0 Å². The number of aryl methyl sites for hydroxylation is 1. The van der Waals surface area contributed by atoms with Crippen LogP contribution in [0.15, 0.2) is 4.42 Å². The van der Waals surface area contributed by atoms with Crippen molar-refractivity contribution in [2.75, 3.05) is 6.54 Å². The molecule has 0 aromatic carbocycles. The Kier molecular flexibility index (Phi) is 4.38.